The standard InChI is InChI=1S/C20H18F4N2O2/c21-16-5-1-14(2-6-16)19(28)26-11-9-13(10-12-26)18(27)25-17-7-3-15(4-8-17)20(22,23)24/h1-8,13H,9-12H2,(H,25,27). The van der Waals surface area contributed by atoms with Gasteiger partial charge in [-0.25, -0.2) is 4.39 Å². The summed E-state index contributed by atoms with van der Waals surface area (Å²) in [4.78, 5) is 26.4. The molecule has 0 unspecified atom stereocenters. The highest BCUT2D eigenvalue weighted by Crippen LogP contribution is 2.30. The third-order valence-corrected chi connectivity index (χ3v) is 4.72. The van der Waals surface area contributed by atoms with Crippen molar-refractivity contribution in [1.29, 1.82) is 0 Å². The number of amides is 2. The van der Waals surface area contributed by atoms with Crippen molar-refractivity contribution in [3.05, 3.63) is 65.5 Å². The zero-order chi connectivity index (χ0) is 20.3. The Morgan fingerprint density at radius 1 is 0.929 bits per heavy atom. The maximum absolute atomic E-state index is 13.0. The molecule has 2 amide bonds. The smallest absolute Gasteiger partial charge is 0.339 e. The molecule has 0 atom stereocenters. The number of nitrogens with zero attached hydrogens (tertiary/aromatic N) is 1. The Morgan fingerprint density at radius 2 is 1.50 bits per heavy atom. The zero-order valence-corrected chi connectivity index (χ0v) is 14.8. The monoisotopic (exact) mass is 394 g/mol. The van der Waals surface area contributed by atoms with Crippen molar-refractivity contribution < 1.29 is 27.2 Å². The van der Waals surface area contributed by atoms with E-state index < -0.39 is 17.6 Å². The molecule has 1 N–H and O–H groups in total. The molecule has 1 heterocycles. The van der Waals surface area contributed by atoms with Crippen LogP contribution in [0.1, 0.15) is 28.8 Å². The highest BCUT2D eigenvalue weighted by molar-refractivity contribution is 5.95. The van der Waals surface area contributed by atoms with Crippen LogP contribution in [0, 0.1) is 11.7 Å². The van der Waals surface area contributed by atoms with Crippen molar-refractivity contribution in [1.82, 2.24) is 4.90 Å². The SMILES string of the molecule is O=C(Nc1ccc(C(F)(F)F)cc1)C1CCN(C(=O)c2ccc(F)cc2)CC1. The summed E-state index contributed by atoms with van der Waals surface area (Å²) in [7, 11) is 0. The minimum Gasteiger partial charge on any atom is -0.339 e. The summed E-state index contributed by atoms with van der Waals surface area (Å²) >= 11 is 0. The number of rotatable bonds is 3. The lowest BCUT2D eigenvalue weighted by Crippen LogP contribution is -2.41. The van der Waals surface area contributed by atoms with Crippen LogP contribution in [0.4, 0.5) is 23.2 Å². The molecule has 0 aromatic heterocycles. The summed E-state index contributed by atoms with van der Waals surface area (Å²) in [5.74, 6) is -1.26. The van der Waals surface area contributed by atoms with Gasteiger partial charge in [-0.1, -0.05) is 0 Å². The van der Waals surface area contributed by atoms with Crippen LogP contribution >= 0.6 is 0 Å². The fourth-order valence-corrected chi connectivity index (χ4v) is 3.11. The molecule has 0 aliphatic carbocycles. The van der Waals surface area contributed by atoms with Crippen LogP contribution in [0.2, 0.25) is 0 Å². The maximum atomic E-state index is 13.0. The van der Waals surface area contributed by atoms with E-state index in [0.29, 0.717) is 37.2 Å². The van der Waals surface area contributed by atoms with Crippen LogP contribution in [0.15, 0.2) is 48.5 Å². The van der Waals surface area contributed by atoms with Crippen LogP contribution in [-0.2, 0) is 11.0 Å². The normalized spacial score (nSPS) is 15.4. The van der Waals surface area contributed by atoms with Crippen molar-refractivity contribution in [2.75, 3.05) is 18.4 Å². The van der Waals surface area contributed by atoms with Crippen molar-refractivity contribution in [3.8, 4) is 0 Å². The van der Waals surface area contributed by atoms with E-state index in [1.807, 2.05) is 0 Å². The van der Waals surface area contributed by atoms with Gasteiger partial charge in [-0.15, -0.1) is 0 Å². The molecule has 3 rings (SSSR count). The Bertz CT molecular complexity index is 840. The number of benzene rings is 2. The summed E-state index contributed by atoms with van der Waals surface area (Å²) in [6.07, 6.45) is -3.54. The van der Waals surface area contributed by atoms with Gasteiger partial charge in [-0.05, 0) is 61.4 Å². The molecular weight excluding hydrogens is 376 g/mol. The molecular formula is C20H18F4N2O2. The molecule has 8 heteroatoms. The summed E-state index contributed by atoms with van der Waals surface area (Å²) in [5, 5.41) is 2.62. The van der Waals surface area contributed by atoms with Crippen molar-refractivity contribution in [2.24, 2.45) is 5.92 Å². The molecule has 1 saturated heterocycles. The molecule has 0 radical (unpaired) electrons. The fraction of sp³-hybridized carbons (Fsp3) is 0.300. The molecule has 1 fully saturated rings. The van der Waals surface area contributed by atoms with E-state index in [-0.39, 0.29) is 17.7 Å². The van der Waals surface area contributed by atoms with Gasteiger partial charge in [-0.2, -0.15) is 13.2 Å². The van der Waals surface area contributed by atoms with E-state index in [1.165, 1.54) is 36.4 Å². The van der Waals surface area contributed by atoms with Gasteiger partial charge in [-0.3, -0.25) is 9.59 Å². The third-order valence-electron chi connectivity index (χ3n) is 4.72. The number of anilines is 1. The van der Waals surface area contributed by atoms with Gasteiger partial charge in [0.15, 0.2) is 0 Å². The van der Waals surface area contributed by atoms with Gasteiger partial charge in [0.1, 0.15) is 5.82 Å². The number of piperidine rings is 1. The number of nitrogens with one attached hydrogen (secondary N) is 1. The van der Waals surface area contributed by atoms with Crippen LogP contribution in [0.3, 0.4) is 0 Å². The molecule has 0 spiro atoms. The lowest BCUT2D eigenvalue weighted by molar-refractivity contribution is -0.137. The summed E-state index contributed by atoms with van der Waals surface area (Å²) in [5.41, 5.74) is -0.102. The highest BCUT2D eigenvalue weighted by atomic mass is 19.4. The van der Waals surface area contributed by atoms with E-state index in [2.05, 4.69) is 5.32 Å². The van der Waals surface area contributed by atoms with Gasteiger partial charge in [0.2, 0.25) is 5.91 Å². The molecule has 0 saturated carbocycles. The summed E-state index contributed by atoms with van der Waals surface area (Å²) in [6.45, 7) is 0.753. The van der Waals surface area contributed by atoms with E-state index in [1.54, 1.807) is 4.90 Å². The van der Waals surface area contributed by atoms with Crippen LogP contribution in [0.25, 0.3) is 0 Å². The first-order valence-electron chi connectivity index (χ1n) is 8.77. The second-order valence-corrected chi connectivity index (χ2v) is 6.64. The lowest BCUT2D eigenvalue weighted by Gasteiger charge is -2.31. The number of halogens is 4. The van der Waals surface area contributed by atoms with E-state index in [9.17, 15) is 27.2 Å². The van der Waals surface area contributed by atoms with Crippen molar-refractivity contribution in [2.45, 2.75) is 19.0 Å². The molecule has 1 aliphatic rings. The number of carbonyl (C=O) groups is 2. The molecule has 2 aromatic carbocycles. The summed E-state index contributed by atoms with van der Waals surface area (Å²) < 4.78 is 50.7. The number of hydrogen-bond donors (Lipinski definition) is 1. The number of hydrogen-bond acceptors (Lipinski definition) is 2. The first-order chi connectivity index (χ1) is 13.2. The molecule has 28 heavy (non-hydrogen) atoms. The minimum absolute atomic E-state index is 0.221. The van der Waals surface area contributed by atoms with E-state index >= 15 is 0 Å². The maximum Gasteiger partial charge on any atom is 0.416 e. The predicted molar refractivity (Wildman–Crippen MR) is 95.1 cm³/mol. The Balaban J connectivity index is 1.53. The van der Waals surface area contributed by atoms with Gasteiger partial charge in [0.05, 0.1) is 5.56 Å². The number of alkyl halides is 3. The Hall–Kier alpha value is -2.90. The fourth-order valence-electron chi connectivity index (χ4n) is 3.11. The van der Waals surface area contributed by atoms with Gasteiger partial charge in [0.25, 0.3) is 5.91 Å². The molecule has 0 bridgehead atoms. The topological polar surface area (TPSA) is 49.4 Å². The first-order valence-corrected chi connectivity index (χ1v) is 8.77. The van der Waals surface area contributed by atoms with Gasteiger partial charge < -0.3 is 10.2 Å². The molecule has 4 nitrogen and oxygen atoms in total. The van der Waals surface area contributed by atoms with E-state index in [4.69, 9.17) is 0 Å². The Kier molecular flexibility index (Phi) is 5.67. The van der Waals surface area contributed by atoms with Crippen LogP contribution < -0.4 is 5.32 Å². The zero-order valence-electron chi connectivity index (χ0n) is 14.8. The van der Waals surface area contributed by atoms with Crippen molar-refractivity contribution >= 4 is 17.5 Å². The molecule has 148 valence electrons. The predicted octanol–water partition coefficient (Wildman–Crippen LogP) is 4.34. The Morgan fingerprint density at radius 3 is 2.04 bits per heavy atom. The minimum atomic E-state index is -4.42. The summed E-state index contributed by atoms with van der Waals surface area (Å²) in [6, 6.07) is 9.54. The van der Waals surface area contributed by atoms with Crippen LogP contribution in [0.5, 0.6) is 0 Å². The lowest BCUT2D eigenvalue weighted by atomic mass is 9.95. The van der Waals surface area contributed by atoms with Gasteiger partial charge >= 0.3 is 6.18 Å². The number of likely N-dealkylation sites (tertiary alicyclic amines) is 1. The van der Waals surface area contributed by atoms with Gasteiger partial charge in [0, 0.05) is 30.3 Å². The molecule has 1 aliphatic heterocycles. The Labute approximate surface area is 159 Å². The highest BCUT2D eigenvalue weighted by Gasteiger charge is 2.31. The largest absolute Gasteiger partial charge is 0.416 e. The third kappa shape index (κ3) is 4.68. The number of carbonyl (C=O) groups excluding carboxylic acids is 2. The molecule has 2 aromatic rings. The second kappa shape index (κ2) is 8.00. The second-order valence-electron chi connectivity index (χ2n) is 6.64. The first kappa shape index (κ1) is 19.9. The van der Waals surface area contributed by atoms with Crippen molar-refractivity contribution in [3.63, 3.8) is 0 Å². The average Bonchev–Trinajstić information content (AvgIpc) is 2.68. The van der Waals surface area contributed by atoms with Crippen LogP contribution in [-0.4, -0.2) is 29.8 Å². The average molecular weight is 394 g/mol. The van der Waals surface area contributed by atoms with E-state index in [0.717, 1.165) is 12.1 Å². The quantitative estimate of drug-likeness (QED) is 0.788.